The van der Waals surface area contributed by atoms with Gasteiger partial charge in [0.15, 0.2) is 5.78 Å². The summed E-state index contributed by atoms with van der Waals surface area (Å²) < 4.78 is 1.97. The number of ketones is 1. The van der Waals surface area contributed by atoms with Gasteiger partial charge in [-0.3, -0.25) is 14.4 Å². The Morgan fingerprint density at radius 2 is 1.86 bits per heavy atom. The van der Waals surface area contributed by atoms with Gasteiger partial charge in [-0.05, 0) is 43.0 Å². The Balaban J connectivity index is 1.41. The standard InChI is InChI=1S/C27H29N5O3/c1-3-26(34)29-21-14-18(4-7-22(21)31-12-10-30(2)11-13-31)15-25(33)20-6-5-19-16-24-27(35)28-8-9-32(24)23(19)17-20/h3-7,14,16-17H,1,8-13,15H2,2H3,(H,28,35)(H,29,34). The molecule has 0 bridgehead atoms. The number of aromatic nitrogens is 1. The van der Waals surface area contributed by atoms with E-state index in [0.717, 1.165) is 48.3 Å². The van der Waals surface area contributed by atoms with Crippen LogP contribution in [0.25, 0.3) is 10.9 Å². The topological polar surface area (TPSA) is 86.7 Å². The van der Waals surface area contributed by atoms with Crippen molar-refractivity contribution in [2.24, 2.45) is 0 Å². The smallest absolute Gasteiger partial charge is 0.268 e. The predicted octanol–water partition coefficient (Wildman–Crippen LogP) is 2.69. The van der Waals surface area contributed by atoms with Gasteiger partial charge in [-0.2, -0.15) is 0 Å². The van der Waals surface area contributed by atoms with Crippen molar-refractivity contribution in [3.8, 4) is 0 Å². The van der Waals surface area contributed by atoms with Gasteiger partial charge < -0.3 is 25.0 Å². The molecule has 180 valence electrons. The second kappa shape index (κ2) is 9.38. The zero-order valence-corrected chi connectivity index (χ0v) is 19.8. The van der Waals surface area contributed by atoms with Crippen LogP contribution >= 0.6 is 0 Å². The number of nitrogens with zero attached hydrogens (tertiary/aromatic N) is 3. The lowest BCUT2D eigenvalue weighted by molar-refractivity contribution is -0.111. The molecule has 2 aliphatic heterocycles. The molecule has 8 heteroatoms. The van der Waals surface area contributed by atoms with Crippen LogP contribution in [-0.4, -0.2) is 66.8 Å². The van der Waals surface area contributed by atoms with E-state index in [4.69, 9.17) is 0 Å². The van der Waals surface area contributed by atoms with Crippen LogP contribution in [0.4, 0.5) is 11.4 Å². The van der Waals surface area contributed by atoms with Gasteiger partial charge in [0.25, 0.3) is 5.91 Å². The Morgan fingerprint density at radius 1 is 1.06 bits per heavy atom. The molecule has 0 saturated carbocycles. The van der Waals surface area contributed by atoms with E-state index in [1.165, 1.54) is 6.08 Å². The van der Waals surface area contributed by atoms with Crippen LogP contribution in [0.1, 0.15) is 26.4 Å². The van der Waals surface area contributed by atoms with Crippen LogP contribution in [0.2, 0.25) is 0 Å². The van der Waals surface area contributed by atoms with Gasteiger partial charge in [0.2, 0.25) is 5.91 Å². The molecule has 3 aromatic rings. The molecule has 0 aliphatic carbocycles. The average Bonchev–Trinajstić information content (AvgIpc) is 3.24. The lowest BCUT2D eigenvalue weighted by Gasteiger charge is -2.35. The quantitative estimate of drug-likeness (QED) is 0.427. The highest BCUT2D eigenvalue weighted by atomic mass is 16.2. The molecule has 1 aromatic heterocycles. The number of likely N-dealkylation sites (N-methyl/N-ethyl adjacent to an activating group) is 1. The van der Waals surface area contributed by atoms with Gasteiger partial charge >= 0.3 is 0 Å². The molecular weight excluding hydrogens is 442 g/mol. The highest BCUT2D eigenvalue weighted by Gasteiger charge is 2.21. The monoisotopic (exact) mass is 471 g/mol. The second-order valence-electron chi connectivity index (χ2n) is 9.15. The zero-order valence-electron chi connectivity index (χ0n) is 19.8. The largest absolute Gasteiger partial charge is 0.367 e. The van der Waals surface area contributed by atoms with Crippen molar-refractivity contribution < 1.29 is 14.4 Å². The minimum atomic E-state index is -0.281. The summed E-state index contributed by atoms with van der Waals surface area (Å²) in [6.45, 7) is 8.45. The van der Waals surface area contributed by atoms with Crippen molar-refractivity contribution in [1.82, 2.24) is 14.8 Å². The third-order valence-corrected chi connectivity index (χ3v) is 6.79. The first-order chi connectivity index (χ1) is 16.9. The first-order valence-electron chi connectivity index (χ1n) is 11.9. The molecule has 1 saturated heterocycles. The molecule has 5 rings (SSSR count). The first kappa shape index (κ1) is 22.9. The van der Waals surface area contributed by atoms with Crippen LogP contribution in [0, 0.1) is 0 Å². The van der Waals surface area contributed by atoms with E-state index < -0.39 is 0 Å². The van der Waals surface area contributed by atoms with Crippen LogP contribution in [0.3, 0.4) is 0 Å². The summed E-state index contributed by atoms with van der Waals surface area (Å²) in [6, 6.07) is 13.3. The zero-order chi connectivity index (χ0) is 24.5. The molecular formula is C27H29N5O3. The molecule has 2 aromatic carbocycles. The molecule has 0 spiro atoms. The Kier molecular flexibility index (Phi) is 6.13. The SMILES string of the molecule is C=CC(=O)Nc1cc(CC(=O)c2ccc3cc4n(c3c2)CCNC4=O)ccc1N1CCN(C)CC1. The fraction of sp³-hybridized carbons (Fsp3) is 0.296. The van der Waals surface area contributed by atoms with E-state index in [1.54, 1.807) is 0 Å². The number of anilines is 2. The van der Waals surface area contributed by atoms with Crippen molar-refractivity contribution in [1.29, 1.82) is 0 Å². The molecule has 0 unspecified atom stereocenters. The number of Topliss-reactive ketones (excluding diaryl/α,β-unsaturated/α-hetero) is 1. The summed E-state index contributed by atoms with van der Waals surface area (Å²) in [4.78, 5) is 42.0. The molecule has 2 N–H and O–H groups in total. The van der Waals surface area contributed by atoms with E-state index >= 15 is 0 Å². The van der Waals surface area contributed by atoms with Crippen molar-refractivity contribution >= 4 is 39.9 Å². The van der Waals surface area contributed by atoms with Crippen molar-refractivity contribution in [2.45, 2.75) is 13.0 Å². The number of hydrogen-bond acceptors (Lipinski definition) is 5. The fourth-order valence-corrected chi connectivity index (χ4v) is 4.82. The fourth-order valence-electron chi connectivity index (χ4n) is 4.82. The van der Waals surface area contributed by atoms with Crippen LogP contribution in [-0.2, 0) is 17.8 Å². The number of fused-ring (bicyclic) bond motifs is 3. The Labute approximate surface area is 204 Å². The number of benzene rings is 2. The summed E-state index contributed by atoms with van der Waals surface area (Å²) in [6.07, 6.45) is 1.46. The average molecular weight is 472 g/mol. The van der Waals surface area contributed by atoms with E-state index in [-0.39, 0.29) is 24.0 Å². The van der Waals surface area contributed by atoms with Crippen molar-refractivity contribution in [3.63, 3.8) is 0 Å². The normalized spacial score (nSPS) is 16.0. The predicted molar refractivity (Wildman–Crippen MR) is 137 cm³/mol. The maximum absolute atomic E-state index is 13.2. The van der Waals surface area contributed by atoms with Gasteiger partial charge in [-0.15, -0.1) is 0 Å². The van der Waals surface area contributed by atoms with Crippen LogP contribution in [0.15, 0.2) is 55.1 Å². The summed E-state index contributed by atoms with van der Waals surface area (Å²) in [5.41, 5.74) is 4.58. The number of piperazine rings is 1. The van der Waals surface area contributed by atoms with E-state index in [0.29, 0.717) is 30.0 Å². The minimum absolute atomic E-state index is 0.0175. The Hall–Kier alpha value is -3.91. The van der Waals surface area contributed by atoms with Crippen LogP contribution < -0.4 is 15.5 Å². The van der Waals surface area contributed by atoms with E-state index in [1.807, 2.05) is 47.0 Å². The summed E-state index contributed by atoms with van der Waals surface area (Å²) in [7, 11) is 2.10. The second-order valence-corrected chi connectivity index (χ2v) is 9.15. The molecule has 0 radical (unpaired) electrons. The van der Waals surface area contributed by atoms with Gasteiger partial charge in [0, 0.05) is 62.2 Å². The van der Waals surface area contributed by atoms with Crippen LogP contribution in [0.5, 0.6) is 0 Å². The van der Waals surface area contributed by atoms with Gasteiger partial charge in [-0.25, -0.2) is 0 Å². The highest BCUT2D eigenvalue weighted by Crippen LogP contribution is 2.29. The Bertz CT molecular complexity index is 1330. The Morgan fingerprint density at radius 3 is 2.63 bits per heavy atom. The number of carbonyl (C=O) groups excluding carboxylic acids is 3. The minimum Gasteiger partial charge on any atom is -0.367 e. The van der Waals surface area contributed by atoms with E-state index in [2.05, 4.69) is 34.1 Å². The third-order valence-electron chi connectivity index (χ3n) is 6.79. The maximum atomic E-state index is 13.2. The van der Waals surface area contributed by atoms with Crippen molar-refractivity contribution in [3.05, 3.63) is 71.9 Å². The lowest BCUT2D eigenvalue weighted by atomic mass is 10.0. The molecule has 1 fully saturated rings. The molecule has 0 atom stereocenters. The lowest BCUT2D eigenvalue weighted by Crippen LogP contribution is -2.44. The van der Waals surface area contributed by atoms with Gasteiger partial charge in [-0.1, -0.05) is 24.8 Å². The first-order valence-corrected chi connectivity index (χ1v) is 11.9. The van der Waals surface area contributed by atoms with E-state index in [9.17, 15) is 14.4 Å². The molecule has 3 heterocycles. The molecule has 35 heavy (non-hydrogen) atoms. The number of carbonyl (C=O) groups is 3. The van der Waals surface area contributed by atoms with Gasteiger partial charge in [0.1, 0.15) is 5.69 Å². The number of hydrogen-bond donors (Lipinski definition) is 2. The summed E-state index contributed by atoms with van der Waals surface area (Å²) in [5.74, 6) is -0.387. The number of nitrogens with one attached hydrogen (secondary N) is 2. The summed E-state index contributed by atoms with van der Waals surface area (Å²) >= 11 is 0. The third kappa shape index (κ3) is 4.57. The number of rotatable bonds is 6. The van der Waals surface area contributed by atoms with Crippen molar-refractivity contribution in [2.75, 3.05) is 50.0 Å². The van der Waals surface area contributed by atoms with Gasteiger partial charge in [0.05, 0.1) is 11.4 Å². The summed E-state index contributed by atoms with van der Waals surface area (Å²) in [5, 5.41) is 6.71. The molecule has 2 aliphatic rings. The molecule has 2 amide bonds. The highest BCUT2D eigenvalue weighted by molar-refractivity contribution is 6.04. The number of amides is 2. The molecule has 8 nitrogen and oxygen atoms in total. The maximum Gasteiger partial charge on any atom is 0.268 e.